The largest absolute Gasteiger partial charge is 0.390 e. The minimum atomic E-state index is -0.344. The van der Waals surface area contributed by atoms with E-state index in [4.69, 9.17) is 4.74 Å². The Hall–Kier alpha value is 0.1000. The van der Waals surface area contributed by atoms with Crippen LogP contribution in [0.1, 0.15) is 17.7 Å². The Labute approximate surface area is 96.0 Å². The third-order valence-electron chi connectivity index (χ3n) is 2.43. The summed E-state index contributed by atoms with van der Waals surface area (Å²) in [6.07, 6.45) is 2.49. The Bertz CT molecular complexity index is 294. The summed E-state index contributed by atoms with van der Waals surface area (Å²) in [4.78, 5) is 1.21. The highest BCUT2D eigenvalue weighted by atomic mass is 79.9. The molecule has 0 amide bonds. The first-order valence-electron chi connectivity index (χ1n) is 4.79. The molecule has 2 unspecified atom stereocenters. The van der Waals surface area contributed by atoms with Crippen molar-refractivity contribution >= 4 is 27.3 Å². The van der Waals surface area contributed by atoms with Gasteiger partial charge in [-0.1, -0.05) is 0 Å². The van der Waals surface area contributed by atoms with Crippen molar-refractivity contribution in [3.63, 3.8) is 0 Å². The van der Waals surface area contributed by atoms with E-state index in [1.165, 1.54) is 4.88 Å². The van der Waals surface area contributed by atoms with Crippen LogP contribution < -0.4 is 0 Å². The maximum atomic E-state index is 9.88. The number of ether oxygens (including phenoxy) is 1. The lowest BCUT2D eigenvalue weighted by Crippen LogP contribution is -2.26. The fraction of sp³-hybridized carbons (Fsp3) is 0.600. The van der Waals surface area contributed by atoms with Gasteiger partial charge in [-0.25, -0.2) is 0 Å². The first-order chi connectivity index (χ1) is 6.75. The zero-order valence-corrected chi connectivity index (χ0v) is 10.2. The van der Waals surface area contributed by atoms with E-state index in [-0.39, 0.29) is 12.2 Å². The fourth-order valence-corrected chi connectivity index (χ4v) is 3.24. The summed E-state index contributed by atoms with van der Waals surface area (Å²) < 4.78 is 6.55. The number of aliphatic hydroxyl groups is 1. The van der Waals surface area contributed by atoms with E-state index in [1.54, 1.807) is 11.3 Å². The van der Waals surface area contributed by atoms with Crippen molar-refractivity contribution in [1.29, 1.82) is 0 Å². The van der Waals surface area contributed by atoms with Gasteiger partial charge in [-0.05, 0) is 40.9 Å². The Morgan fingerprint density at radius 3 is 3.07 bits per heavy atom. The summed E-state index contributed by atoms with van der Waals surface area (Å²) in [6.45, 7) is 0.801. The number of hydrogen-bond donors (Lipinski definition) is 1. The summed E-state index contributed by atoms with van der Waals surface area (Å²) in [5, 5.41) is 9.88. The molecule has 1 N–H and O–H groups in total. The zero-order chi connectivity index (χ0) is 9.97. The first-order valence-corrected chi connectivity index (χ1v) is 6.40. The van der Waals surface area contributed by atoms with Gasteiger partial charge in [0.1, 0.15) is 0 Å². The third-order valence-corrected chi connectivity index (χ3v) is 4.08. The van der Waals surface area contributed by atoms with Gasteiger partial charge in [0.05, 0.1) is 16.0 Å². The summed E-state index contributed by atoms with van der Waals surface area (Å²) in [7, 11) is 0. The van der Waals surface area contributed by atoms with E-state index in [0.717, 1.165) is 23.2 Å². The number of aliphatic hydroxyl groups excluding tert-OH is 1. The number of hydrogen-bond acceptors (Lipinski definition) is 3. The van der Waals surface area contributed by atoms with Crippen molar-refractivity contribution in [2.45, 2.75) is 31.5 Å². The second-order valence-electron chi connectivity index (χ2n) is 3.53. The van der Waals surface area contributed by atoms with Gasteiger partial charge < -0.3 is 9.84 Å². The molecule has 1 aliphatic heterocycles. The normalized spacial score (nSPS) is 24.0. The van der Waals surface area contributed by atoms with Crippen molar-refractivity contribution in [3.05, 3.63) is 20.8 Å². The quantitative estimate of drug-likeness (QED) is 0.920. The lowest BCUT2D eigenvalue weighted by Gasteiger charge is -2.16. The molecule has 14 heavy (non-hydrogen) atoms. The summed E-state index contributed by atoms with van der Waals surface area (Å²) in [6, 6.07) is 4.06. The highest BCUT2D eigenvalue weighted by Gasteiger charge is 2.24. The molecule has 2 nitrogen and oxygen atoms in total. The van der Waals surface area contributed by atoms with Gasteiger partial charge in [0.25, 0.3) is 0 Å². The van der Waals surface area contributed by atoms with Gasteiger partial charge in [-0.3, -0.25) is 0 Å². The Kier molecular flexibility index (Phi) is 3.60. The van der Waals surface area contributed by atoms with Gasteiger partial charge in [0.15, 0.2) is 0 Å². The smallest absolute Gasteiger partial charge is 0.0849 e. The van der Waals surface area contributed by atoms with Crippen LogP contribution >= 0.6 is 27.3 Å². The first kappa shape index (κ1) is 10.6. The van der Waals surface area contributed by atoms with E-state index >= 15 is 0 Å². The molecule has 1 aromatic rings. The van der Waals surface area contributed by atoms with E-state index in [0.29, 0.717) is 6.42 Å². The van der Waals surface area contributed by atoms with Crippen LogP contribution in [0.4, 0.5) is 0 Å². The van der Waals surface area contributed by atoms with Crippen LogP contribution in [0, 0.1) is 0 Å². The SMILES string of the molecule is OC(Cc1ccc(Br)s1)C1CCCO1. The molecule has 0 aromatic carbocycles. The zero-order valence-electron chi connectivity index (χ0n) is 7.78. The van der Waals surface area contributed by atoms with Crippen LogP contribution in [0.25, 0.3) is 0 Å². The lowest BCUT2D eigenvalue weighted by atomic mass is 10.1. The maximum absolute atomic E-state index is 9.88. The van der Waals surface area contributed by atoms with Crippen molar-refractivity contribution in [3.8, 4) is 0 Å². The van der Waals surface area contributed by atoms with Crippen LogP contribution in [0.5, 0.6) is 0 Å². The molecule has 1 aliphatic rings. The molecule has 0 radical (unpaired) electrons. The van der Waals surface area contributed by atoms with Crippen LogP contribution in [-0.4, -0.2) is 23.9 Å². The standard InChI is InChI=1S/C10H13BrO2S/c11-10-4-3-7(14-10)6-8(12)9-2-1-5-13-9/h3-4,8-9,12H,1-2,5-6H2. The second kappa shape index (κ2) is 4.75. The van der Waals surface area contributed by atoms with Gasteiger partial charge in [-0.2, -0.15) is 0 Å². The van der Waals surface area contributed by atoms with E-state index in [9.17, 15) is 5.11 Å². The van der Waals surface area contributed by atoms with Gasteiger partial charge in [-0.15, -0.1) is 11.3 Å². The molecule has 1 fully saturated rings. The number of thiophene rings is 1. The molecular formula is C10H13BrO2S. The van der Waals surface area contributed by atoms with Crippen LogP contribution in [0.15, 0.2) is 15.9 Å². The molecule has 0 aliphatic carbocycles. The van der Waals surface area contributed by atoms with E-state index in [2.05, 4.69) is 15.9 Å². The second-order valence-corrected chi connectivity index (χ2v) is 6.08. The molecule has 2 atom stereocenters. The predicted molar refractivity (Wildman–Crippen MR) is 60.7 cm³/mol. The van der Waals surface area contributed by atoms with Crippen LogP contribution in [-0.2, 0) is 11.2 Å². The average molecular weight is 277 g/mol. The monoisotopic (exact) mass is 276 g/mol. The fourth-order valence-electron chi connectivity index (χ4n) is 1.71. The minimum absolute atomic E-state index is 0.0517. The highest BCUT2D eigenvalue weighted by molar-refractivity contribution is 9.11. The Balaban J connectivity index is 1.90. The lowest BCUT2D eigenvalue weighted by molar-refractivity contribution is -0.000398. The van der Waals surface area contributed by atoms with Crippen molar-refractivity contribution < 1.29 is 9.84 Å². The highest BCUT2D eigenvalue weighted by Crippen LogP contribution is 2.25. The molecule has 78 valence electrons. The summed E-state index contributed by atoms with van der Waals surface area (Å²) in [5.41, 5.74) is 0. The van der Waals surface area contributed by atoms with Crippen molar-refractivity contribution in [2.75, 3.05) is 6.61 Å². The predicted octanol–water partition coefficient (Wildman–Crippen LogP) is 2.59. The van der Waals surface area contributed by atoms with Crippen LogP contribution in [0.3, 0.4) is 0 Å². The van der Waals surface area contributed by atoms with Gasteiger partial charge in [0.2, 0.25) is 0 Å². The summed E-state index contributed by atoms with van der Waals surface area (Å²) in [5.74, 6) is 0. The van der Waals surface area contributed by atoms with Crippen LogP contribution in [0.2, 0.25) is 0 Å². The average Bonchev–Trinajstić information content (AvgIpc) is 2.75. The molecule has 2 rings (SSSR count). The maximum Gasteiger partial charge on any atom is 0.0849 e. The molecule has 1 aromatic heterocycles. The number of halogens is 1. The van der Waals surface area contributed by atoms with E-state index in [1.807, 2.05) is 12.1 Å². The van der Waals surface area contributed by atoms with Crippen molar-refractivity contribution in [2.24, 2.45) is 0 Å². The third kappa shape index (κ3) is 2.57. The minimum Gasteiger partial charge on any atom is -0.390 e. The molecule has 0 bridgehead atoms. The van der Waals surface area contributed by atoms with E-state index < -0.39 is 0 Å². The summed E-state index contributed by atoms with van der Waals surface area (Å²) >= 11 is 5.09. The molecule has 1 saturated heterocycles. The molecule has 0 spiro atoms. The van der Waals surface area contributed by atoms with Gasteiger partial charge >= 0.3 is 0 Å². The Morgan fingerprint density at radius 1 is 1.64 bits per heavy atom. The molecular weight excluding hydrogens is 264 g/mol. The van der Waals surface area contributed by atoms with Gasteiger partial charge in [0, 0.05) is 17.9 Å². The topological polar surface area (TPSA) is 29.5 Å². The molecule has 0 saturated carbocycles. The number of rotatable bonds is 3. The van der Waals surface area contributed by atoms with Crippen molar-refractivity contribution in [1.82, 2.24) is 0 Å². The molecule has 4 heteroatoms. The Morgan fingerprint density at radius 2 is 2.50 bits per heavy atom. The molecule has 2 heterocycles.